The molecule has 3 rings (SSSR count). The lowest BCUT2D eigenvalue weighted by molar-refractivity contribution is -0.146. The first-order valence-corrected chi connectivity index (χ1v) is 16.6. The van der Waals surface area contributed by atoms with Crippen LogP contribution < -0.4 is 5.32 Å². The summed E-state index contributed by atoms with van der Waals surface area (Å²) in [5.41, 5.74) is -0.753. The molecule has 0 bridgehead atoms. The van der Waals surface area contributed by atoms with Gasteiger partial charge in [0.25, 0.3) is 0 Å². The first-order chi connectivity index (χ1) is 18.9. The van der Waals surface area contributed by atoms with Gasteiger partial charge in [0.2, 0.25) is 21.8 Å². The van der Waals surface area contributed by atoms with E-state index in [1.165, 1.54) is 14.1 Å². The van der Waals surface area contributed by atoms with E-state index in [0.717, 1.165) is 38.4 Å². The third kappa shape index (κ3) is 7.91. The summed E-state index contributed by atoms with van der Waals surface area (Å²) >= 11 is 0. The van der Waals surface area contributed by atoms with Crippen LogP contribution in [0.3, 0.4) is 0 Å². The lowest BCUT2D eigenvalue weighted by Gasteiger charge is -2.37. The van der Waals surface area contributed by atoms with Crippen LogP contribution >= 0.6 is 0 Å². The maximum Gasteiger partial charge on any atom is 0.410 e. The molecule has 2 N–H and O–H groups in total. The highest BCUT2D eigenvalue weighted by atomic mass is 32.2. The Balaban J connectivity index is 1.88. The Morgan fingerprint density at radius 1 is 1.05 bits per heavy atom. The zero-order valence-electron chi connectivity index (χ0n) is 25.5. The van der Waals surface area contributed by atoms with Crippen LogP contribution in [0.5, 0.6) is 0 Å². The molecule has 3 fully saturated rings. The second-order valence-electron chi connectivity index (χ2n) is 13.2. The smallest absolute Gasteiger partial charge is 0.410 e. The summed E-state index contributed by atoms with van der Waals surface area (Å²) in [5, 5.41) is 12.9. The number of carbonyl (C=O) groups is 4. The van der Waals surface area contributed by atoms with Crippen molar-refractivity contribution in [2.24, 2.45) is 17.8 Å². The normalized spacial score (nSPS) is 25.5. The van der Waals surface area contributed by atoms with E-state index in [0.29, 0.717) is 6.42 Å². The fraction of sp³-hybridized carbons (Fsp3) is 0.857. The Labute approximate surface area is 244 Å². The largest absolute Gasteiger partial charge is 0.481 e. The van der Waals surface area contributed by atoms with Crippen LogP contribution in [0, 0.1) is 17.8 Å². The second-order valence-corrected chi connectivity index (χ2v) is 15.2. The molecule has 3 amide bonds. The van der Waals surface area contributed by atoms with Gasteiger partial charge < -0.3 is 20.1 Å². The van der Waals surface area contributed by atoms with E-state index in [1.54, 1.807) is 27.7 Å². The Bertz CT molecular complexity index is 1100. The minimum absolute atomic E-state index is 0.0585. The minimum Gasteiger partial charge on any atom is -0.481 e. The summed E-state index contributed by atoms with van der Waals surface area (Å²) in [4.78, 5) is 55.9. The molecule has 0 aromatic rings. The van der Waals surface area contributed by atoms with E-state index in [9.17, 15) is 32.7 Å². The fourth-order valence-electron chi connectivity index (χ4n) is 6.45. The molecule has 2 aliphatic heterocycles. The second kappa shape index (κ2) is 12.8. The molecule has 1 saturated carbocycles. The molecule has 0 spiro atoms. The summed E-state index contributed by atoms with van der Waals surface area (Å²) in [5.74, 6) is -3.18. The number of amides is 3. The van der Waals surface area contributed by atoms with E-state index in [4.69, 9.17) is 4.74 Å². The van der Waals surface area contributed by atoms with Crippen molar-refractivity contribution < 1.29 is 37.4 Å². The highest BCUT2D eigenvalue weighted by molar-refractivity contribution is 7.88. The molecule has 5 atom stereocenters. The van der Waals surface area contributed by atoms with Crippen LogP contribution in [-0.4, -0.2) is 107 Å². The predicted octanol–water partition coefficient (Wildman–Crippen LogP) is 2.28. The zero-order valence-corrected chi connectivity index (χ0v) is 26.3. The summed E-state index contributed by atoms with van der Waals surface area (Å²) < 4.78 is 31.6. The third-order valence-electron chi connectivity index (χ3n) is 8.33. The van der Waals surface area contributed by atoms with Crippen LogP contribution in [0.4, 0.5) is 4.79 Å². The number of aliphatic carboxylic acids is 1. The van der Waals surface area contributed by atoms with Gasteiger partial charge in [-0.25, -0.2) is 13.2 Å². The van der Waals surface area contributed by atoms with E-state index < -0.39 is 63.7 Å². The highest BCUT2D eigenvalue weighted by Gasteiger charge is 2.56. The number of carboxylic acids is 1. The van der Waals surface area contributed by atoms with Gasteiger partial charge in [0, 0.05) is 25.7 Å². The van der Waals surface area contributed by atoms with Crippen molar-refractivity contribution in [1.29, 1.82) is 0 Å². The van der Waals surface area contributed by atoms with Crippen molar-refractivity contribution in [3.05, 3.63) is 0 Å². The topological polar surface area (TPSA) is 154 Å². The van der Waals surface area contributed by atoms with E-state index in [1.807, 2.05) is 13.8 Å². The molecule has 0 aromatic heterocycles. The lowest BCUT2D eigenvalue weighted by atomic mass is 9.83. The minimum atomic E-state index is -3.67. The summed E-state index contributed by atoms with van der Waals surface area (Å²) in [7, 11) is -3.67. The van der Waals surface area contributed by atoms with Gasteiger partial charge in [-0.2, -0.15) is 4.31 Å². The molecule has 41 heavy (non-hydrogen) atoms. The summed E-state index contributed by atoms with van der Waals surface area (Å²) in [6.45, 7) is 11.0. The number of hydrogen-bond donors (Lipinski definition) is 2. The number of hydrogen-bond acceptors (Lipinski definition) is 7. The number of carboxylic acid groups (broad SMARTS) is 1. The van der Waals surface area contributed by atoms with Gasteiger partial charge >= 0.3 is 12.1 Å². The van der Waals surface area contributed by atoms with E-state index in [2.05, 4.69) is 5.32 Å². The van der Waals surface area contributed by atoms with Gasteiger partial charge in [-0.05, 0) is 58.8 Å². The van der Waals surface area contributed by atoms with Crippen LogP contribution in [0.2, 0.25) is 0 Å². The standard InChI is InChI=1S/C28H48N4O8S/c1-17(2)15-31(27(37)40-28(4,5)6)18(3)24(33)29-22(19-11-9-8-10-12-19)25(34)30-14-13-21-23(30)20(26(35)36)16-32(21)41(7,38)39/h17-23H,8-16H2,1-7H3,(H,29,33)(H,35,36). The summed E-state index contributed by atoms with van der Waals surface area (Å²) in [6.07, 6.45) is 5.06. The molecule has 0 aromatic carbocycles. The Morgan fingerprint density at radius 3 is 2.17 bits per heavy atom. The molecule has 13 heteroatoms. The van der Waals surface area contributed by atoms with Gasteiger partial charge in [0.05, 0.1) is 18.2 Å². The maximum atomic E-state index is 14.2. The Kier molecular flexibility index (Phi) is 10.4. The van der Waals surface area contributed by atoms with Crippen LogP contribution in [-0.2, 0) is 29.1 Å². The lowest BCUT2D eigenvalue weighted by Crippen LogP contribution is -2.59. The molecular formula is C28H48N4O8S. The Hall–Kier alpha value is -2.41. The first kappa shape index (κ1) is 33.1. The molecule has 0 radical (unpaired) electrons. The van der Waals surface area contributed by atoms with Crippen molar-refractivity contribution in [1.82, 2.24) is 19.4 Å². The average molecular weight is 601 g/mol. The number of nitrogens with one attached hydrogen (secondary N) is 1. The zero-order chi connectivity index (χ0) is 30.9. The molecule has 5 unspecified atom stereocenters. The molecule has 12 nitrogen and oxygen atoms in total. The van der Waals surface area contributed by atoms with Crippen molar-refractivity contribution in [2.45, 2.75) is 110 Å². The predicted molar refractivity (Wildman–Crippen MR) is 152 cm³/mol. The number of fused-ring (bicyclic) bond motifs is 1. The number of ether oxygens (including phenoxy) is 1. The van der Waals surface area contributed by atoms with Crippen LogP contribution in [0.1, 0.15) is 80.1 Å². The number of rotatable bonds is 9. The van der Waals surface area contributed by atoms with Crippen molar-refractivity contribution in [3.8, 4) is 0 Å². The van der Waals surface area contributed by atoms with Crippen LogP contribution in [0.15, 0.2) is 0 Å². The van der Waals surface area contributed by atoms with Crippen LogP contribution in [0.25, 0.3) is 0 Å². The molecule has 1 aliphatic carbocycles. The van der Waals surface area contributed by atoms with Gasteiger partial charge in [0.1, 0.15) is 17.7 Å². The number of nitrogens with zero attached hydrogens (tertiary/aromatic N) is 3. The monoisotopic (exact) mass is 600 g/mol. The quantitative estimate of drug-likeness (QED) is 0.409. The summed E-state index contributed by atoms with van der Waals surface area (Å²) in [6, 6.07) is -3.26. The molecular weight excluding hydrogens is 552 g/mol. The van der Waals surface area contributed by atoms with Crippen molar-refractivity contribution >= 4 is 33.9 Å². The number of likely N-dealkylation sites (tertiary alicyclic amines) is 1. The third-order valence-corrected chi connectivity index (χ3v) is 9.60. The first-order valence-electron chi connectivity index (χ1n) is 14.7. The Morgan fingerprint density at radius 2 is 1.66 bits per heavy atom. The van der Waals surface area contributed by atoms with Gasteiger partial charge in [0.15, 0.2) is 0 Å². The molecule has 3 aliphatic rings. The van der Waals surface area contributed by atoms with Crippen molar-refractivity contribution in [2.75, 3.05) is 25.9 Å². The van der Waals surface area contributed by atoms with Gasteiger partial charge in [-0.3, -0.25) is 19.3 Å². The average Bonchev–Trinajstić information content (AvgIpc) is 3.44. The highest BCUT2D eigenvalue weighted by Crippen LogP contribution is 2.38. The molecule has 2 saturated heterocycles. The van der Waals surface area contributed by atoms with Gasteiger partial charge in [-0.15, -0.1) is 0 Å². The maximum absolute atomic E-state index is 14.2. The number of sulfonamides is 1. The molecule has 234 valence electrons. The van der Waals surface area contributed by atoms with E-state index in [-0.39, 0.29) is 37.4 Å². The number of carbonyl (C=O) groups excluding carboxylic acids is 3. The molecule has 2 heterocycles. The fourth-order valence-corrected chi connectivity index (χ4v) is 7.60. The van der Waals surface area contributed by atoms with E-state index >= 15 is 0 Å². The SMILES string of the molecule is CC(C)CN(C(=O)OC(C)(C)C)C(C)C(=O)NC(C(=O)N1CCC2C1C(C(=O)O)CN2S(C)(=O)=O)C1CCCCC1. The van der Waals surface area contributed by atoms with Crippen molar-refractivity contribution in [3.63, 3.8) is 0 Å². The van der Waals surface area contributed by atoms with Gasteiger partial charge in [-0.1, -0.05) is 33.1 Å².